The van der Waals surface area contributed by atoms with E-state index in [2.05, 4.69) is 5.32 Å². The lowest BCUT2D eigenvalue weighted by molar-refractivity contribution is -0.138. The van der Waals surface area contributed by atoms with Gasteiger partial charge in [-0.05, 0) is 44.4 Å². The summed E-state index contributed by atoms with van der Waals surface area (Å²) in [7, 11) is -3.70. The van der Waals surface area contributed by atoms with Crippen molar-refractivity contribution >= 4 is 27.5 Å². The van der Waals surface area contributed by atoms with Crippen molar-refractivity contribution in [2.75, 3.05) is 30.2 Å². The van der Waals surface area contributed by atoms with Crippen LogP contribution in [-0.4, -0.2) is 57.1 Å². The van der Waals surface area contributed by atoms with Crippen LogP contribution in [0.2, 0.25) is 0 Å². The van der Waals surface area contributed by atoms with Crippen molar-refractivity contribution in [3.63, 3.8) is 0 Å². The molecule has 0 radical (unpaired) electrons. The van der Waals surface area contributed by atoms with Crippen LogP contribution < -0.4 is 9.62 Å². The van der Waals surface area contributed by atoms with Gasteiger partial charge in [-0.25, -0.2) is 8.42 Å². The van der Waals surface area contributed by atoms with Crippen molar-refractivity contribution in [2.45, 2.75) is 39.7 Å². The summed E-state index contributed by atoms with van der Waals surface area (Å²) in [5.74, 6) is -0.680. The second-order valence-electron chi connectivity index (χ2n) is 7.89. The molecule has 2 amide bonds. The van der Waals surface area contributed by atoms with Crippen LogP contribution in [0.3, 0.4) is 0 Å². The van der Waals surface area contributed by atoms with Gasteiger partial charge in [-0.2, -0.15) is 0 Å². The highest BCUT2D eigenvalue weighted by Crippen LogP contribution is 2.19. The van der Waals surface area contributed by atoms with Crippen LogP contribution in [0.5, 0.6) is 0 Å². The number of carbonyl (C=O) groups is 2. The highest BCUT2D eigenvalue weighted by molar-refractivity contribution is 7.92. The van der Waals surface area contributed by atoms with Crippen LogP contribution in [0.1, 0.15) is 31.4 Å². The van der Waals surface area contributed by atoms with Gasteiger partial charge in [0.15, 0.2) is 0 Å². The van der Waals surface area contributed by atoms with Crippen molar-refractivity contribution in [3.8, 4) is 0 Å². The first-order valence-corrected chi connectivity index (χ1v) is 12.6. The van der Waals surface area contributed by atoms with E-state index in [0.29, 0.717) is 25.2 Å². The second-order valence-corrected chi connectivity index (χ2v) is 9.80. The average Bonchev–Trinajstić information content (AvgIpc) is 2.76. The van der Waals surface area contributed by atoms with Gasteiger partial charge in [0, 0.05) is 13.1 Å². The van der Waals surface area contributed by atoms with Crippen LogP contribution in [0, 0.1) is 6.92 Å². The van der Waals surface area contributed by atoms with E-state index in [-0.39, 0.29) is 12.5 Å². The third-order valence-corrected chi connectivity index (χ3v) is 6.34. The molecule has 0 fully saturated rings. The van der Waals surface area contributed by atoms with E-state index in [1.807, 2.05) is 44.2 Å². The molecule has 0 aliphatic rings. The molecule has 0 spiro atoms. The van der Waals surface area contributed by atoms with Gasteiger partial charge in [-0.15, -0.1) is 0 Å². The van der Waals surface area contributed by atoms with Gasteiger partial charge in [0.1, 0.15) is 12.6 Å². The molecule has 0 aliphatic heterocycles. The Kier molecular flexibility index (Phi) is 9.26. The van der Waals surface area contributed by atoms with Crippen molar-refractivity contribution in [1.29, 1.82) is 0 Å². The van der Waals surface area contributed by atoms with Crippen LogP contribution >= 0.6 is 0 Å². The standard InChI is InChI=1S/C24H33N3O4S/c1-5-16-25-24(29)20(3)26(17-15-21-9-7-6-8-10-21)23(28)18-27(32(4,30)31)22-13-11-19(2)12-14-22/h6-14,20H,5,15-18H2,1-4H3,(H,25,29)/t20-/m1/s1. The van der Waals surface area contributed by atoms with Crippen LogP contribution in [-0.2, 0) is 26.0 Å². The number of sulfonamides is 1. The quantitative estimate of drug-likeness (QED) is 0.560. The van der Waals surface area contributed by atoms with E-state index in [9.17, 15) is 18.0 Å². The first-order valence-electron chi connectivity index (χ1n) is 10.8. The molecule has 1 N–H and O–H groups in total. The molecule has 2 aromatic carbocycles. The molecule has 8 heteroatoms. The maximum atomic E-state index is 13.3. The Morgan fingerprint density at radius 1 is 1.03 bits per heavy atom. The third-order valence-electron chi connectivity index (χ3n) is 5.20. The maximum Gasteiger partial charge on any atom is 0.244 e. The number of nitrogens with one attached hydrogen (secondary N) is 1. The molecule has 0 heterocycles. The normalized spacial score (nSPS) is 12.1. The van der Waals surface area contributed by atoms with Gasteiger partial charge in [0.25, 0.3) is 0 Å². The minimum Gasteiger partial charge on any atom is -0.354 e. The van der Waals surface area contributed by atoms with E-state index in [1.54, 1.807) is 31.2 Å². The number of aryl methyl sites for hydroxylation is 1. The average molecular weight is 460 g/mol. The summed E-state index contributed by atoms with van der Waals surface area (Å²) in [5.41, 5.74) is 2.43. The zero-order valence-corrected chi connectivity index (χ0v) is 20.1. The summed E-state index contributed by atoms with van der Waals surface area (Å²) < 4.78 is 26.0. The molecule has 0 unspecified atom stereocenters. The van der Waals surface area contributed by atoms with Crippen molar-refractivity contribution in [3.05, 3.63) is 65.7 Å². The summed E-state index contributed by atoms with van der Waals surface area (Å²) in [6, 6.07) is 15.9. The number of hydrogen-bond donors (Lipinski definition) is 1. The number of hydrogen-bond acceptors (Lipinski definition) is 4. The highest BCUT2D eigenvalue weighted by atomic mass is 32.2. The minimum absolute atomic E-state index is 0.255. The Morgan fingerprint density at radius 3 is 2.22 bits per heavy atom. The number of benzene rings is 2. The third kappa shape index (κ3) is 7.37. The lowest BCUT2D eigenvalue weighted by atomic mass is 10.1. The zero-order valence-electron chi connectivity index (χ0n) is 19.2. The van der Waals surface area contributed by atoms with Crippen LogP contribution in [0.15, 0.2) is 54.6 Å². The zero-order chi connectivity index (χ0) is 23.7. The molecule has 0 aromatic heterocycles. The van der Waals surface area contributed by atoms with Crippen LogP contribution in [0.25, 0.3) is 0 Å². The van der Waals surface area contributed by atoms with Gasteiger partial charge in [0.2, 0.25) is 21.8 Å². The van der Waals surface area contributed by atoms with Gasteiger partial charge in [-0.3, -0.25) is 13.9 Å². The van der Waals surface area contributed by atoms with Gasteiger partial charge < -0.3 is 10.2 Å². The van der Waals surface area contributed by atoms with E-state index >= 15 is 0 Å². The summed E-state index contributed by atoms with van der Waals surface area (Å²) in [6.07, 6.45) is 2.42. The SMILES string of the molecule is CCCNC(=O)[C@@H](C)N(CCc1ccccc1)C(=O)CN(c1ccc(C)cc1)S(C)(=O)=O. The Labute approximate surface area is 191 Å². The molecule has 7 nitrogen and oxygen atoms in total. The lowest BCUT2D eigenvalue weighted by Gasteiger charge is -2.31. The summed E-state index contributed by atoms with van der Waals surface area (Å²) in [5, 5.41) is 2.82. The van der Waals surface area contributed by atoms with Crippen LogP contribution in [0.4, 0.5) is 5.69 Å². The molecule has 174 valence electrons. The summed E-state index contributed by atoms with van der Waals surface area (Å²) >= 11 is 0. The fourth-order valence-electron chi connectivity index (χ4n) is 3.29. The predicted molar refractivity (Wildman–Crippen MR) is 128 cm³/mol. The Balaban J connectivity index is 2.27. The number of anilines is 1. The fraction of sp³-hybridized carbons (Fsp3) is 0.417. The molecule has 0 bridgehead atoms. The van der Waals surface area contributed by atoms with E-state index in [0.717, 1.165) is 28.1 Å². The van der Waals surface area contributed by atoms with Gasteiger partial charge >= 0.3 is 0 Å². The molecule has 0 aliphatic carbocycles. The molecule has 0 saturated heterocycles. The Hall–Kier alpha value is -2.87. The molecule has 2 rings (SSSR count). The largest absolute Gasteiger partial charge is 0.354 e. The van der Waals surface area contributed by atoms with E-state index in [4.69, 9.17) is 0 Å². The molecule has 2 aromatic rings. The molecule has 32 heavy (non-hydrogen) atoms. The monoisotopic (exact) mass is 459 g/mol. The smallest absolute Gasteiger partial charge is 0.244 e. The number of nitrogens with zero attached hydrogens (tertiary/aromatic N) is 2. The molecular weight excluding hydrogens is 426 g/mol. The number of amides is 2. The predicted octanol–water partition coefficient (Wildman–Crippen LogP) is 2.75. The van der Waals surface area contributed by atoms with Crippen molar-refractivity contribution in [2.24, 2.45) is 0 Å². The maximum absolute atomic E-state index is 13.3. The van der Waals surface area contributed by atoms with Gasteiger partial charge in [-0.1, -0.05) is 55.0 Å². The van der Waals surface area contributed by atoms with Crippen molar-refractivity contribution < 1.29 is 18.0 Å². The molecule has 1 atom stereocenters. The Morgan fingerprint density at radius 2 is 1.66 bits per heavy atom. The topological polar surface area (TPSA) is 86.8 Å². The highest BCUT2D eigenvalue weighted by Gasteiger charge is 2.29. The summed E-state index contributed by atoms with van der Waals surface area (Å²) in [4.78, 5) is 27.4. The molecular formula is C24H33N3O4S. The van der Waals surface area contributed by atoms with Gasteiger partial charge in [0.05, 0.1) is 11.9 Å². The minimum atomic E-state index is -3.70. The first kappa shape index (κ1) is 25.4. The Bertz CT molecular complexity index is 992. The van der Waals surface area contributed by atoms with Crippen molar-refractivity contribution in [1.82, 2.24) is 10.2 Å². The van der Waals surface area contributed by atoms with E-state index in [1.165, 1.54) is 4.90 Å². The summed E-state index contributed by atoms with van der Waals surface area (Å²) in [6.45, 7) is 5.97. The fourth-order valence-corrected chi connectivity index (χ4v) is 4.14. The van der Waals surface area contributed by atoms with E-state index < -0.39 is 22.0 Å². The molecule has 0 saturated carbocycles. The lowest BCUT2D eigenvalue weighted by Crippen LogP contribution is -2.52. The first-order chi connectivity index (χ1) is 15.1. The number of carbonyl (C=O) groups excluding carboxylic acids is 2. The second kappa shape index (κ2) is 11.7. The number of rotatable bonds is 11.